The lowest BCUT2D eigenvalue weighted by molar-refractivity contribution is -0.120. The van der Waals surface area contributed by atoms with Gasteiger partial charge in [0.25, 0.3) is 5.91 Å². The van der Waals surface area contributed by atoms with Crippen LogP contribution in [0.3, 0.4) is 0 Å². The van der Waals surface area contributed by atoms with Crippen molar-refractivity contribution >= 4 is 11.8 Å². The molecule has 0 fully saturated rings. The van der Waals surface area contributed by atoms with Gasteiger partial charge in [0.15, 0.2) is 0 Å². The van der Waals surface area contributed by atoms with E-state index in [-0.39, 0.29) is 18.4 Å². The van der Waals surface area contributed by atoms with Crippen LogP contribution in [0.15, 0.2) is 18.2 Å². The average Bonchev–Trinajstić information content (AvgIpc) is 2.43. The van der Waals surface area contributed by atoms with Crippen molar-refractivity contribution in [3.63, 3.8) is 0 Å². The van der Waals surface area contributed by atoms with E-state index in [1.165, 1.54) is 0 Å². The molecule has 0 bridgehead atoms. The van der Waals surface area contributed by atoms with Crippen LogP contribution in [-0.2, 0) is 4.79 Å². The van der Waals surface area contributed by atoms with E-state index >= 15 is 0 Å². The summed E-state index contributed by atoms with van der Waals surface area (Å²) in [6.45, 7) is 6.09. The van der Waals surface area contributed by atoms with Gasteiger partial charge in [-0.2, -0.15) is 0 Å². The van der Waals surface area contributed by atoms with Crippen LogP contribution in [0.1, 0.15) is 41.3 Å². The summed E-state index contributed by atoms with van der Waals surface area (Å²) in [4.78, 5) is 23.5. The maximum Gasteiger partial charge on any atom is 0.251 e. The van der Waals surface area contributed by atoms with Crippen LogP contribution < -0.4 is 10.6 Å². The van der Waals surface area contributed by atoms with Gasteiger partial charge in [-0.15, -0.1) is 0 Å². The summed E-state index contributed by atoms with van der Waals surface area (Å²) in [5.74, 6) is -0.512. The zero-order valence-electron chi connectivity index (χ0n) is 12.9. The number of carbonyl (C=O) groups excluding carboxylic acids is 2. The summed E-state index contributed by atoms with van der Waals surface area (Å²) >= 11 is 0. The van der Waals surface area contributed by atoms with Crippen molar-refractivity contribution in [2.45, 2.75) is 39.7 Å². The largest absolute Gasteiger partial charge is 0.393 e. The van der Waals surface area contributed by atoms with E-state index in [9.17, 15) is 14.7 Å². The second-order valence-electron chi connectivity index (χ2n) is 5.26. The van der Waals surface area contributed by atoms with Gasteiger partial charge in [-0.3, -0.25) is 9.59 Å². The Balaban J connectivity index is 2.37. The average molecular weight is 292 g/mol. The fourth-order valence-electron chi connectivity index (χ4n) is 2.01. The Morgan fingerprint density at radius 2 is 1.76 bits per heavy atom. The highest BCUT2D eigenvalue weighted by Crippen LogP contribution is 2.08. The molecule has 0 saturated carbocycles. The monoisotopic (exact) mass is 292 g/mol. The van der Waals surface area contributed by atoms with Gasteiger partial charge in [-0.1, -0.05) is 24.1 Å². The highest BCUT2D eigenvalue weighted by atomic mass is 16.3. The minimum Gasteiger partial charge on any atom is -0.393 e. The number of hydrogen-bond acceptors (Lipinski definition) is 3. The molecule has 0 aliphatic carbocycles. The summed E-state index contributed by atoms with van der Waals surface area (Å²) in [5.41, 5.74) is 2.58. The van der Waals surface area contributed by atoms with Crippen molar-refractivity contribution < 1.29 is 14.7 Å². The molecule has 21 heavy (non-hydrogen) atoms. The summed E-state index contributed by atoms with van der Waals surface area (Å²) in [7, 11) is 0. The zero-order valence-corrected chi connectivity index (χ0v) is 12.9. The Morgan fingerprint density at radius 3 is 2.33 bits per heavy atom. The molecule has 0 radical (unpaired) electrons. The molecule has 5 nitrogen and oxygen atoms in total. The van der Waals surface area contributed by atoms with E-state index in [1.807, 2.05) is 26.8 Å². The van der Waals surface area contributed by atoms with Crippen LogP contribution in [-0.4, -0.2) is 36.1 Å². The third-order valence-electron chi connectivity index (χ3n) is 3.16. The molecular weight excluding hydrogens is 268 g/mol. The van der Waals surface area contributed by atoms with E-state index < -0.39 is 6.10 Å². The number of carbonyl (C=O) groups is 2. The number of aliphatic hydroxyl groups excluding tert-OH is 1. The minimum atomic E-state index is -0.393. The van der Waals surface area contributed by atoms with Crippen LogP contribution in [0, 0.1) is 13.8 Å². The molecule has 0 heterocycles. The first-order chi connectivity index (χ1) is 9.92. The van der Waals surface area contributed by atoms with Crippen LogP contribution in [0.25, 0.3) is 0 Å². The molecule has 3 N–H and O–H groups in total. The standard InChI is InChI=1S/C16H24N2O3/c1-4-14(19)5-6-17-15(20)10-18-16(21)13-8-11(2)7-12(3)9-13/h7-9,14,19H,4-6,10H2,1-3H3,(H,17,20)(H,18,21). The van der Waals surface area contributed by atoms with Crippen LogP contribution >= 0.6 is 0 Å². The van der Waals surface area contributed by atoms with E-state index in [1.54, 1.807) is 12.1 Å². The van der Waals surface area contributed by atoms with Crippen LogP contribution in [0.4, 0.5) is 0 Å². The first-order valence-corrected chi connectivity index (χ1v) is 7.23. The quantitative estimate of drug-likeness (QED) is 0.709. The topological polar surface area (TPSA) is 78.4 Å². The Morgan fingerprint density at radius 1 is 1.14 bits per heavy atom. The number of aryl methyl sites for hydroxylation is 2. The van der Waals surface area contributed by atoms with Gasteiger partial charge < -0.3 is 15.7 Å². The van der Waals surface area contributed by atoms with Crippen molar-refractivity contribution in [2.75, 3.05) is 13.1 Å². The van der Waals surface area contributed by atoms with Gasteiger partial charge in [-0.05, 0) is 38.8 Å². The maximum atomic E-state index is 12.0. The Bertz CT molecular complexity index is 480. The third kappa shape index (κ3) is 6.40. The second kappa shape index (κ2) is 8.42. The molecule has 1 aromatic carbocycles. The fraction of sp³-hybridized carbons (Fsp3) is 0.500. The minimum absolute atomic E-state index is 0.0615. The Labute approximate surface area is 125 Å². The van der Waals surface area contributed by atoms with Crippen molar-refractivity contribution in [3.8, 4) is 0 Å². The molecule has 1 atom stereocenters. The molecule has 0 saturated heterocycles. The van der Waals surface area contributed by atoms with E-state index in [0.717, 1.165) is 11.1 Å². The SMILES string of the molecule is CCC(O)CCNC(=O)CNC(=O)c1cc(C)cc(C)c1. The van der Waals surface area contributed by atoms with Gasteiger partial charge in [-0.25, -0.2) is 0 Å². The third-order valence-corrected chi connectivity index (χ3v) is 3.16. The summed E-state index contributed by atoms with van der Waals surface area (Å²) in [6, 6.07) is 5.57. The summed E-state index contributed by atoms with van der Waals surface area (Å²) in [6.07, 6.45) is 0.794. The van der Waals surface area contributed by atoms with Crippen LogP contribution in [0.2, 0.25) is 0 Å². The summed E-state index contributed by atoms with van der Waals surface area (Å²) < 4.78 is 0. The van der Waals surface area contributed by atoms with Crippen molar-refractivity contribution in [1.82, 2.24) is 10.6 Å². The van der Waals surface area contributed by atoms with Crippen molar-refractivity contribution in [2.24, 2.45) is 0 Å². The lowest BCUT2D eigenvalue weighted by atomic mass is 10.1. The highest BCUT2D eigenvalue weighted by Gasteiger charge is 2.09. The van der Waals surface area contributed by atoms with Gasteiger partial charge in [0.1, 0.15) is 0 Å². The van der Waals surface area contributed by atoms with E-state index in [2.05, 4.69) is 10.6 Å². The van der Waals surface area contributed by atoms with Gasteiger partial charge >= 0.3 is 0 Å². The molecule has 0 aliphatic rings. The number of aliphatic hydroxyl groups is 1. The van der Waals surface area contributed by atoms with Gasteiger partial charge in [0, 0.05) is 12.1 Å². The number of amides is 2. The van der Waals surface area contributed by atoms with Gasteiger partial charge in [0.05, 0.1) is 12.6 Å². The molecule has 2 amide bonds. The number of benzene rings is 1. The smallest absolute Gasteiger partial charge is 0.251 e. The predicted molar refractivity (Wildman–Crippen MR) is 82.2 cm³/mol. The van der Waals surface area contributed by atoms with Gasteiger partial charge in [0.2, 0.25) is 5.91 Å². The summed E-state index contributed by atoms with van der Waals surface area (Å²) in [5, 5.41) is 14.6. The molecule has 1 rings (SSSR count). The molecule has 0 aliphatic heterocycles. The first kappa shape index (κ1) is 17.2. The highest BCUT2D eigenvalue weighted by molar-refractivity contribution is 5.96. The molecule has 1 unspecified atom stereocenters. The normalized spacial score (nSPS) is 11.8. The number of hydrogen-bond donors (Lipinski definition) is 3. The predicted octanol–water partition coefficient (Wildman–Crippen LogP) is 1.31. The molecule has 1 aromatic rings. The first-order valence-electron chi connectivity index (χ1n) is 7.23. The Hall–Kier alpha value is -1.88. The molecule has 116 valence electrons. The molecular formula is C16H24N2O3. The number of nitrogens with one attached hydrogen (secondary N) is 2. The molecule has 0 spiro atoms. The maximum absolute atomic E-state index is 12.0. The molecule has 5 heteroatoms. The van der Waals surface area contributed by atoms with Crippen molar-refractivity contribution in [1.29, 1.82) is 0 Å². The van der Waals surface area contributed by atoms with Crippen molar-refractivity contribution in [3.05, 3.63) is 34.9 Å². The number of rotatable bonds is 7. The lowest BCUT2D eigenvalue weighted by Crippen LogP contribution is -2.38. The zero-order chi connectivity index (χ0) is 15.8. The Kier molecular flexibility index (Phi) is 6.88. The fourth-order valence-corrected chi connectivity index (χ4v) is 2.01. The van der Waals surface area contributed by atoms with Crippen LogP contribution in [0.5, 0.6) is 0 Å². The van der Waals surface area contributed by atoms with E-state index in [0.29, 0.717) is 24.9 Å². The molecule has 0 aromatic heterocycles. The van der Waals surface area contributed by atoms with E-state index in [4.69, 9.17) is 0 Å². The lowest BCUT2D eigenvalue weighted by Gasteiger charge is -2.10. The second-order valence-corrected chi connectivity index (χ2v) is 5.26.